The molecule has 0 heteroatoms. The standard InChI is InChI=1S/C27H18/c1-3-9-23-18(6-1)8-5-11-24(23)20-14-15-26-22(16-20)17-21-13-12-19-7-2-4-10-25(19)27(21)26/h1-16H,17H2. The van der Waals surface area contributed by atoms with Gasteiger partial charge in [-0.05, 0) is 61.3 Å². The fourth-order valence-corrected chi connectivity index (χ4v) is 4.62. The molecule has 0 spiro atoms. The Labute approximate surface area is 158 Å². The summed E-state index contributed by atoms with van der Waals surface area (Å²) in [5, 5.41) is 5.31. The molecule has 0 bridgehead atoms. The monoisotopic (exact) mass is 342 g/mol. The van der Waals surface area contributed by atoms with Crippen LogP contribution < -0.4 is 0 Å². The summed E-state index contributed by atoms with van der Waals surface area (Å²) >= 11 is 0. The van der Waals surface area contributed by atoms with Crippen molar-refractivity contribution in [1.82, 2.24) is 0 Å². The van der Waals surface area contributed by atoms with Gasteiger partial charge >= 0.3 is 0 Å². The minimum absolute atomic E-state index is 1.02. The molecular formula is C27H18. The van der Waals surface area contributed by atoms with E-state index in [4.69, 9.17) is 0 Å². The molecule has 0 aromatic heterocycles. The van der Waals surface area contributed by atoms with Crippen molar-refractivity contribution in [2.45, 2.75) is 6.42 Å². The van der Waals surface area contributed by atoms with Crippen LogP contribution in [0.15, 0.2) is 97.1 Å². The van der Waals surface area contributed by atoms with Crippen LogP contribution in [0.3, 0.4) is 0 Å². The Hall–Kier alpha value is -3.38. The molecule has 126 valence electrons. The van der Waals surface area contributed by atoms with Crippen molar-refractivity contribution in [2.24, 2.45) is 0 Å². The zero-order chi connectivity index (χ0) is 17.8. The molecule has 0 nitrogen and oxygen atoms in total. The van der Waals surface area contributed by atoms with Gasteiger partial charge in [-0.2, -0.15) is 0 Å². The van der Waals surface area contributed by atoms with Gasteiger partial charge in [-0.3, -0.25) is 0 Å². The first-order valence-electron chi connectivity index (χ1n) is 9.50. The number of benzene rings is 5. The van der Waals surface area contributed by atoms with Crippen LogP contribution in [-0.2, 0) is 6.42 Å². The van der Waals surface area contributed by atoms with Crippen LogP contribution in [0.5, 0.6) is 0 Å². The van der Waals surface area contributed by atoms with E-state index >= 15 is 0 Å². The van der Waals surface area contributed by atoms with Crippen molar-refractivity contribution < 1.29 is 0 Å². The highest BCUT2D eigenvalue weighted by molar-refractivity contribution is 6.02. The molecule has 0 saturated heterocycles. The van der Waals surface area contributed by atoms with Crippen molar-refractivity contribution in [1.29, 1.82) is 0 Å². The number of hydrogen-bond acceptors (Lipinski definition) is 0. The van der Waals surface area contributed by atoms with Gasteiger partial charge in [0.15, 0.2) is 0 Å². The third-order valence-corrected chi connectivity index (χ3v) is 5.87. The molecule has 1 aliphatic carbocycles. The Morgan fingerprint density at radius 1 is 0.481 bits per heavy atom. The van der Waals surface area contributed by atoms with Gasteiger partial charge in [0.05, 0.1) is 0 Å². The van der Waals surface area contributed by atoms with Crippen LogP contribution in [-0.4, -0.2) is 0 Å². The van der Waals surface area contributed by atoms with Crippen molar-refractivity contribution in [3.05, 3.63) is 108 Å². The fourth-order valence-electron chi connectivity index (χ4n) is 4.62. The lowest BCUT2D eigenvalue weighted by atomic mass is 9.94. The maximum absolute atomic E-state index is 2.39. The smallest absolute Gasteiger partial charge is 0.00130 e. The second-order valence-electron chi connectivity index (χ2n) is 7.40. The van der Waals surface area contributed by atoms with E-state index in [1.54, 1.807) is 0 Å². The van der Waals surface area contributed by atoms with E-state index in [0.717, 1.165) is 6.42 Å². The van der Waals surface area contributed by atoms with E-state index in [1.165, 1.54) is 54.9 Å². The molecule has 0 saturated carbocycles. The van der Waals surface area contributed by atoms with E-state index < -0.39 is 0 Å². The van der Waals surface area contributed by atoms with Crippen molar-refractivity contribution in [3.8, 4) is 22.3 Å². The van der Waals surface area contributed by atoms with Crippen molar-refractivity contribution in [2.75, 3.05) is 0 Å². The highest BCUT2D eigenvalue weighted by Crippen LogP contribution is 2.43. The molecule has 0 atom stereocenters. The van der Waals surface area contributed by atoms with Crippen LogP contribution >= 0.6 is 0 Å². The Bertz CT molecular complexity index is 1340. The Morgan fingerprint density at radius 3 is 2.11 bits per heavy atom. The normalized spacial score (nSPS) is 12.3. The molecule has 1 aliphatic rings. The average molecular weight is 342 g/mol. The third kappa shape index (κ3) is 2.17. The van der Waals surface area contributed by atoms with Gasteiger partial charge in [-0.25, -0.2) is 0 Å². The Kier molecular flexibility index (Phi) is 3.04. The first-order chi connectivity index (χ1) is 13.4. The van der Waals surface area contributed by atoms with Gasteiger partial charge in [0.25, 0.3) is 0 Å². The maximum atomic E-state index is 2.39. The summed E-state index contributed by atoms with van der Waals surface area (Å²) in [5.41, 5.74) is 8.32. The molecule has 0 unspecified atom stereocenters. The van der Waals surface area contributed by atoms with Crippen LogP contribution in [0.1, 0.15) is 11.1 Å². The molecule has 5 aromatic rings. The van der Waals surface area contributed by atoms with E-state index in [1.807, 2.05) is 0 Å². The zero-order valence-corrected chi connectivity index (χ0v) is 14.9. The first-order valence-corrected chi connectivity index (χ1v) is 9.50. The van der Waals surface area contributed by atoms with Gasteiger partial charge in [-0.1, -0.05) is 97.1 Å². The van der Waals surface area contributed by atoms with Crippen LogP contribution in [0.2, 0.25) is 0 Å². The molecular weight excluding hydrogens is 324 g/mol. The minimum Gasteiger partial charge on any atom is -0.0616 e. The second-order valence-corrected chi connectivity index (χ2v) is 7.40. The fraction of sp³-hybridized carbons (Fsp3) is 0.0370. The lowest BCUT2D eigenvalue weighted by molar-refractivity contribution is 1.27. The predicted octanol–water partition coefficient (Wildman–Crippen LogP) is 7.23. The zero-order valence-electron chi connectivity index (χ0n) is 14.9. The summed E-state index contributed by atoms with van der Waals surface area (Å²) in [4.78, 5) is 0. The van der Waals surface area contributed by atoms with Crippen molar-refractivity contribution >= 4 is 21.5 Å². The quantitative estimate of drug-likeness (QED) is 0.296. The highest BCUT2D eigenvalue weighted by Gasteiger charge is 2.21. The topological polar surface area (TPSA) is 0 Å². The van der Waals surface area contributed by atoms with Gasteiger partial charge in [0.1, 0.15) is 0 Å². The molecule has 6 rings (SSSR count). The molecule has 0 aliphatic heterocycles. The van der Waals surface area contributed by atoms with E-state index in [-0.39, 0.29) is 0 Å². The van der Waals surface area contributed by atoms with Gasteiger partial charge in [0, 0.05) is 0 Å². The van der Waals surface area contributed by atoms with Gasteiger partial charge in [0.2, 0.25) is 0 Å². The largest absolute Gasteiger partial charge is 0.0616 e. The lowest BCUT2D eigenvalue weighted by Gasteiger charge is -2.10. The first kappa shape index (κ1) is 14.8. The SMILES string of the molecule is c1ccc2c(-c3ccc4c(c3)Cc3ccc5ccccc5c3-4)cccc2c1. The molecule has 5 aromatic carbocycles. The van der Waals surface area contributed by atoms with E-state index in [0.29, 0.717) is 0 Å². The molecule has 0 heterocycles. The summed E-state index contributed by atoms with van der Waals surface area (Å²) < 4.78 is 0. The summed E-state index contributed by atoms with van der Waals surface area (Å²) in [6.45, 7) is 0. The summed E-state index contributed by atoms with van der Waals surface area (Å²) in [7, 11) is 0. The number of rotatable bonds is 1. The predicted molar refractivity (Wildman–Crippen MR) is 115 cm³/mol. The van der Waals surface area contributed by atoms with E-state index in [9.17, 15) is 0 Å². The summed E-state index contributed by atoms with van der Waals surface area (Å²) in [5.74, 6) is 0. The number of hydrogen-bond donors (Lipinski definition) is 0. The van der Waals surface area contributed by atoms with Crippen molar-refractivity contribution in [3.63, 3.8) is 0 Å². The van der Waals surface area contributed by atoms with Crippen LogP contribution in [0.25, 0.3) is 43.8 Å². The minimum atomic E-state index is 1.02. The van der Waals surface area contributed by atoms with Gasteiger partial charge < -0.3 is 0 Å². The average Bonchev–Trinajstić information content (AvgIpc) is 3.11. The molecule has 27 heavy (non-hydrogen) atoms. The molecule has 0 N–H and O–H groups in total. The van der Waals surface area contributed by atoms with Crippen LogP contribution in [0.4, 0.5) is 0 Å². The Morgan fingerprint density at radius 2 is 1.22 bits per heavy atom. The lowest BCUT2D eigenvalue weighted by Crippen LogP contribution is -1.85. The van der Waals surface area contributed by atoms with Crippen LogP contribution in [0, 0.1) is 0 Å². The third-order valence-electron chi connectivity index (χ3n) is 5.87. The maximum Gasteiger partial charge on any atom is -0.00130 e. The highest BCUT2D eigenvalue weighted by atomic mass is 14.2. The van der Waals surface area contributed by atoms with E-state index in [2.05, 4.69) is 97.1 Å². The second kappa shape index (κ2) is 5.56. The Balaban J connectivity index is 1.56. The summed E-state index contributed by atoms with van der Waals surface area (Å²) in [6.07, 6.45) is 1.02. The van der Waals surface area contributed by atoms with Gasteiger partial charge in [-0.15, -0.1) is 0 Å². The number of fused-ring (bicyclic) bond motifs is 6. The molecule has 0 fully saturated rings. The molecule has 0 radical (unpaired) electrons. The summed E-state index contributed by atoms with van der Waals surface area (Å²) in [6, 6.07) is 35.5. The molecule has 0 amide bonds.